The zero-order valence-corrected chi connectivity index (χ0v) is 16.9. The van der Waals surface area contributed by atoms with E-state index in [1.807, 2.05) is 28.4 Å². The van der Waals surface area contributed by atoms with Gasteiger partial charge in [-0.2, -0.15) is 10.4 Å². The number of halogens is 1. The minimum atomic E-state index is 0.266. The number of rotatable bonds is 6. The lowest BCUT2D eigenvalue weighted by molar-refractivity contribution is 0.200. The van der Waals surface area contributed by atoms with Crippen molar-refractivity contribution < 1.29 is 9.47 Å². The van der Waals surface area contributed by atoms with Crippen LogP contribution in [-0.2, 0) is 18.2 Å². The number of hydrogen-bond donors (Lipinski definition) is 1. The first-order valence-electron chi connectivity index (χ1n) is 8.78. The van der Waals surface area contributed by atoms with Crippen LogP contribution in [0.3, 0.4) is 0 Å². The number of methoxy groups -OCH3 is 2. The summed E-state index contributed by atoms with van der Waals surface area (Å²) >= 11 is 6.42. The summed E-state index contributed by atoms with van der Waals surface area (Å²) in [6.45, 7) is 0.531. The van der Waals surface area contributed by atoms with E-state index in [1.165, 1.54) is 7.11 Å². The number of aromatic amines is 1. The number of nitriles is 1. The molecule has 0 spiro atoms. The minimum absolute atomic E-state index is 0.266. The molecule has 0 saturated heterocycles. The highest BCUT2D eigenvalue weighted by atomic mass is 35.5. The van der Waals surface area contributed by atoms with E-state index in [0.717, 1.165) is 16.8 Å². The molecule has 4 rings (SSSR count). The van der Waals surface area contributed by atoms with Crippen LogP contribution in [0.15, 0.2) is 24.8 Å². The number of nitrogens with one attached hydrogen (secondary N) is 1. The van der Waals surface area contributed by atoms with Crippen molar-refractivity contribution in [1.29, 1.82) is 5.26 Å². The summed E-state index contributed by atoms with van der Waals surface area (Å²) in [6, 6.07) is 4.02. The quantitative estimate of drug-likeness (QED) is 0.522. The zero-order valence-electron chi connectivity index (χ0n) is 16.1. The standard InChI is InChI=1S/C19H18ClN7O2/c1-26-16-11(8-13(29-3)15(20)12(16)9-21)17(27-6-5-22-10-27)18(26)19-23-14(24-25-19)4-7-28-2/h5-6,8,10H,4,7H2,1-3H3,(H,23,24,25). The molecule has 1 N–H and O–H groups in total. The Bertz CT molecular complexity index is 1220. The maximum atomic E-state index is 9.79. The summed E-state index contributed by atoms with van der Waals surface area (Å²) in [5.41, 5.74) is 2.49. The Morgan fingerprint density at radius 1 is 1.34 bits per heavy atom. The Balaban J connectivity index is 2.06. The van der Waals surface area contributed by atoms with Crippen LogP contribution in [0.2, 0.25) is 5.02 Å². The van der Waals surface area contributed by atoms with Crippen LogP contribution in [-0.4, -0.2) is 50.1 Å². The molecule has 3 heterocycles. The lowest BCUT2D eigenvalue weighted by Crippen LogP contribution is -1.99. The van der Waals surface area contributed by atoms with Gasteiger partial charge in [0.2, 0.25) is 0 Å². The molecule has 9 nitrogen and oxygen atoms in total. The molecule has 29 heavy (non-hydrogen) atoms. The van der Waals surface area contributed by atoms with E-state index in [0.29, 0.717) is 41.5 Å². The van der Waals surface area contributed by atoms with E-state index in [-0.39, 0.29) is 5.02 Å². The molecule has 0 amide bonds. The first kappa shape index (κ1) is 19.0. The van der Waals surface area contributed by atoms with Crippen molar-refractivity contribution in [3.05, 3.63) is 41.2 Å². The minimum Gasteiger partial charge on any atom is -0.495 e. The number of aromatic nitrogens is 6. The Labute approximate surface area is 171 Å². The van der Waals surface area contributed by atoms with Gasteiger partial charge in [-0.3, -0.25) is 5.10 Å². The van der Waals surface area contributed by atoms with Crippen LogP contribution in [0.25, 0.3) is 28.1 Å². The Morgan fingerprint density at radius 3 is 2.83 bits per heavy atom. The summed E-state index contributed by atoms with van der Waals surface area (Å²) in [6.07, 6.45) is 5.80. The molecule has 0 fully saturated rings. The molecule has 0 atom stereocenters. The molecule has 10 heteroatoms. The summed E-state index contributed by atoms with van der Waals surface area (Å²) in [7, 11) is 5.01. The van der Waals surface area contributed by atoms with Crippen molar-refractivity contribution in [2.24, 2.45) is 7.05 Å². The number of H-pyrrole nitrogens is 1. The topological polar surface area (TPSA) is 107 Å². The number of nitrogens with zero attached hydrogens (tertiary/aromatic N) is 6. The van der Waals surface area contributed by atoms with E-state index in [1.54, 1.807) is 19.6 Å². The first-order valence-corrected chi connectivity index (χ1v) is 9.16. The summed E-state index contributed by atoms with van der Waals surface area (Å²) in [5, 5.41) is 18.2. The van der Waals surface area contributed by atoms with E-state index in [2.05, 4.69) is 26.2 Å². The van der Waals surface area contributed by atoms with Crippen LogP contribution in [0.1, 0.15) is 11.4 Å². The maximum Gasteiger partial charge on any atom is 0.199 e. The number of hydrogen-bond acceptors (Lipinski definition) is 6. The molecule has 4 aromatic rings. The van der Waals surface area contributed by atoms with Gasteiger partial charge in [0.1, 0.15) is 28.4 Å². The van der Waals surface area contributed by atoms with Crippen LogP contribution >= 0.6 is 11.6 Å². The van der Waals surface area contributed by atoms with Crippen molar-refractivity contribution in [2.75, 3.05) is 20.8 Å². The first-order chi connectivity index (χ1) is 14.1. The van der Waals surface area contributed by atoms with Crippen molar-refractivity contribution >= 4 is 22.5 Å². The van der Waals surface area contributed by atoms with Gasteiger partial charge in [-0.15, -0.1) is 0 Å². The average molecular weight is 412 g/mol. The molecule has 0 aliphatic rings. The Morgan fingerprint density at radius 2 is 2.17 bits per heavy atom. The van der Waals surface area contributed by atoms with Crippen LogP contribution in [0.5, 0.6) is 5.75 Å². The second-order valence-corrected chi connectivity index (χ2v) is 6.73. The van der Waals surface area contributed by atoms with Crippen LogP contribution in [0, 0.1) is 11.3 Å². The van der Waals surface area contributed by atoms with Gasteiger partial charge in [-0.25, -0.2) is 9.97 Å². The fourth-order valence-corrected chi connectivity index (χ4v) is 3.69. The highest BCUT2D eigenvalue weighted by Gasteiger charge is 2.26. The summed E-state index contributed by atoms with van der Waals surface area (Å²) in [4.78, 5) is 8.78. The SMILES string of the molecule is COCCc1nc(-c2c(-n3ccnc3)c3cc(OC)c(Cl)c(C#N)c3n2C)n[nH]1. The summed E-state index contributed by atoms with van der Waals surface area (Å²) < 4.78 is 14.2. The molecular weight excluding hydrogens is 394 g/mol. The fraction of sp³-hybridized carbons (Fsp3) is 0.263. The molecule has 0 aliphatic heterocycles. The van der Waals surface area contributed by atoms with Crippen LogP contribution < -0.4 is 4.74 Å². The van der Waals surface area contributed by atoms with Gasteiger partial charge in [0, 0.05) is 38.4 Å². The fourth-order valence-electron chi connectivity index (χ4n) is 3.42. The van der Waals surface area contributed by atoms with Gasteiger partial charge in [-0.1, -0.05) is 11.6 Å². The third-order valence-electron chi connectivity index (χ3n) is 4.73. The smallest absolute Gasteiger partial charge is 0.199 e. The molecule has 0 unspecified atom stereocenters. The maximum absolute atomic E-state index is 9.79. The third-order valence-corrected chi connectivity index (χ3v) is 5.11. The van der Waals surface area contributed by atoms with Gasteiger partial charge in [0.25, 0.3) is 0 Å². The third kappa shape index (κ3) is 3.03. The number of fused-ring (bicyclic) bond motifs is 1. The Hall–Kier alpha value is -3.35. The average Bonchev–Trinajstić information content (AvgIpc) is 3.46. The molecule has 0 saturated carbocycles. The van der Waals surface area contributed by atoms with E-state index < -0.39 is 0 Å². The Kier molecular flexibility index (Phi) is 4.96. The van der Waals surface area contributed by atoms with Gasteiger partial charge in [0.15, 0.2) is 5.82 Å². The van der Waals surface area contributed by atoms with Gasteiger partial charge in [0.05, 0.1) is 36.8 Å². The second kappa shape index (κ2) is 7.58. The number of ether oxygens (including phenoxy) is 2. The van der Waals surface area contributed by atoms with E-state index >= 15 is 0 Å². The molecule has 3 aromatic heterocycles. The van der Waals surface area contributed by atoms with Gasteiger partial charge >= 0.3 is 0 Å². The van der Waals surface area contributed by atoms with Crippen molar-refractivity contribution in [1.82, 2.24) is 29.3 Å². The number of benzene rings is 1. The van der Waals surface area contributed by atoms with Gasteiger partial charge in [-0.05, 0) is 6.07 Å². The lowest BCUT2D eigenvalue weighted by atomic mass is 10.1. The predicted molar refractivity (Wildman–Crippen MR) is 107 cm³/mol. The largest absolute Gasteiger partial charge is 0.495 e. The van der Waals surface area contributed by atoms with Gasteiger partial charge < -0.3 is 18.6 Å². The number of imidazole rings is 1. The molecule has 0 aliphatic carbocycles. The van der Waals surface area contributed by atoms with E-state index in [9.17, 15) is 5.26 Å². The lowest BCUT2D eigenvalue weighted by Gasteiger charge is -2.07. The van der Waals surface area contributed by atoms with Crippen molar-refractivity contribution in [2.45, 2.75) is 6.42 Å². The predicted octanol–water partition coefficient (Wildman–Crippen LogP) is 2.87. The monoisotopic (exact) mass is 411 g/mol. The van der Waals surface area contributed by atoms with Crippen molar-refractivity contribution in [3.63, 3.8) is 0 Å². The molecule has 148 valence electrons. The zero-order chi connectivity index (χ0) is 20.5. The highest BCUT2D eigenvalue weighted by molar-refractivity contribution is 6.34. The van der Waals surface area contributed by atoms with Crippen LogP contribution in [0.4, 0.5) is 0 Å². The van der Waals surface area contributed by atoms with Crippen molar-refractivity contribution in [3.8, 4) is 29.0 Å². The molecule has 0 radical (unpaired) electrons. The molecule has 0 bridgehead atoms. The summed E-state index contributed by atoms with van der Waals surface area (Å²) in [5.74, 6) is 1.63. The second-order valence-electron chi connectivity index (χ2n) is 6.35. The van der Waals surface area contributed by atoms with E-state index in [4.69, 9.17) is 21.1 Å². The highest BCUT2D eigenvalue weighted by Crippen LogP contribution is 2.42. The molecule has 1 aromatic carbocycles. The normalized spacial score (nSPS) is 11.1. The molecular formula is C19H18ClN7O2. The number of aryl methyl sites for hydroxylation is 1.